The SMILES string of the molecule is O=C(c1cccc([N+](=O)[O-])c1)N(Cc1ccc(Cl)cc1Cl)c1cccc(Cl)c1. The van der Waals surface area contributed by atoms with Crippen LogP contribution >= 0.6 is 34.8 Å². The molecule has 0 bridgehead atoms. The number of rotatable bonds is 5. The third-order valence-electron chi connectivity index (χ3n) is 4.01. The number of hydrogen-bond acceptors (Lipinski definition) is 3. The lowest BCUT2D eigenvalue weighted by Gasteiger charge is -2.24. The van der Waals surface area contributed by atoms with Crippen molar-refractivity contribution in [2.24, 2.45) is 0 Å². The Morgan fingerprint density at radius 2 is 1.64 bits per heavy atom. The second kappa shape index (κ2) is 8.61. The van der Waals surface area contributed by atoms with Crippen LogP contribution < -0.4 is 4.90 Å². The van der Waals surface area contributed by atoms with Gasteiger partial charge in [0.1, 0.15) is 0 Å². The summed E-state index contributed by atoms with van der Waals surface area (Å²) in [6, 6.07) is 17.3. The molecule has 0 aromatic heterocycles. The van der Waals surface area contributed by atoms with Crippen LogP contribution in [0.2, 0.25) is 15.1 Å². The smallest absolute Gasteiger partial charge is 0.270 e. The monoisotopic (exact) mass is 434 g/mol. The molecule has 0 heterocycles. The van der Waals surface area contributed by atoms with Crippen LogP contribution in [-0.4, -0.2) is 10.8 Å². The van der Waals surface area contributed by atoms with Crippen LogP contribution in [0.3, 0.4) is 0 Å². The van der Waals surface area contributed by atoms with Gasteiger partial charge < -0.3 is 4.90 Å². The Hall–Kier alpha value is -2.60. The number of carbonyl (C=O) groups excluding carboxylic acids is 1. The predicted octanol–water partition coefficient (Wildman–Crippen LogP) is 6.40. The summed E-state index contributed by atoms with van der Waals surface area (Å²) in [5, 5.41) is 12.4. The van der Waals surface area contributed by atoms with Gasteiger partial charge in [0.2, 0.25) is 0 Å². The number of nitro benzene ring substituents is 1. The first-order valence-corrected chi connectivity index (χ1v) is 9.24. The van der Waals surface area contributed by atoms with Gasteiger partial charge in [-0.1, -0.05) is 53.0 Å². The summed E-state index contributed by atoms with van der Waals surface area (Å²) in [5.74, 6) is -0.419. The number of halogens is 3. The Labute approximate surface area is 176 Å². The Morgan fingerprint density at radius 1 is 0.929 bits per heavy atom. The normalized spacial score (nSPS) is 10.5. The summed E-state index contributed by atoms with van der Waals surface area (Å²) in [7, 11) is 0. The van der Waals surface area contributed by atoms with Crippen molar-refractivity contribution in [3.05, 3.63) is 103 Å². The highest BCUT2D eigenvalue weighted by molar-refractivity contribution is 6.35. The van der Waals surface area contributed by atoms with Crippen LogP contribution in [0.1, 0.15) is 15.9 Å². The van der Waals surface area contributed by atoms with Crippen LogP contribution in [0.25, 0.3) is 0 Å². The maximum atomic E-state index is 13.2. The van der Waals surface area contributed by atoms with Gasteiger partial charge in [0.25, 0.3) is 11.6 Å². The van der Waals surface area contributed by atoms with E-state index < -0.39 is 10.8 Å². The predicted molar refractivity (Wildman–Crippen MR) is 112 cm³/mol. The highest BCUT2D eigenvalue weighted by Crippen LogP contribution is 2.28. The topological polar surface area (TPSA) is 63.4 Å². The summed E-state index contributed by atoms with van der Waals surface area (Å²) < 4.78 is 0. The van der Waals surface area contributed by atoms with E-state index in [-0.39, 0.29) is 17.8 Å². The first-order chi connectivity index (χ1) is 13.3. The number of nitrogens with zero attached hydrogens (tertiary/aromatic N) is 2. The number of carbonyl (C=O) groups is 1. The van der Waals surface area contributed by atoms with Gasteiger partial charge in [-0.25, -0.2) is 0 Å². The standard InChI is InChI=1S/C20H13Cl3N2O3/c21-15-4-2-5-17(10-15)24(12-14-7-8-16(22)11-19(14)23)20(26)13-3-1-6-18(9-13)25(27)28/h1-11H,12H2. The van der Waals surface area contributed by atoms with Crippen molar-refractivity contribution in [2.75, 3.05) is 4.90 Å². The third-order valence-corrected chi connectivity index (χ3v) is 4.83. The van der Waals surface area contributed by atoms with Crippen molar-refractivity contribution in [2.45, 2.75) is 6.54 Å². The average Bonchev–Trinajstić information content (AvgIpc) is 2.67. The Morgan fingerprint density at radius 3 is 2.32 bits per heavy atom. The number of nitro groups is 1. The lowest BCUT2D eigenvalue weighted by molar-refractivity contribution is -0.384. The quantitative estimate of drug-likeness (QED) is 0.344. The lowest BCUT2D eigenvalue weighted by Crippen LogP contribution is -2.30. The van der Waals surface area contributed by atoms with E-state index in [4.69, 9.17) is 34.8 Å². The molecular weight excluding hydrogens is 423 g/mol. The van der Waals surface area contributed by atoms with E-state index >= 15 is 0 Å². The van der Waals surface area contributed by atoms with E-state index in [0.29, 0.717) is 26.3 Å². The Balaban J connectivity index is 2.04. The van der Waals surface area contributed by atoms with E-state index in [2.05, 4.69) is 0 Å². The van der Waals surface area contributed by atoms with Gasteiger partial charge in [-0.2, -0.15) is 0 Å². The highest BCUT2D eigenvalue weighted by atomic mass is 35.5. The van der Waals surface area contributed by atoms with Crippen LogP contribution in [0, 0.1) is 10.1 Å². The van der Waals surface area contributed by atoms with Crippen molar-refractivity contribution in [3.63, 3.8) is 0 Å². The summed E-state index contributed by atoms with van der Waals surface area (Å²) in [4.78, 5) is 25.2. The zero-order valence-corrected chi connectivity index (χ0v) is 16.6. The van der Waals surface area contributed by atoms with Gasteiger partial charge in [-0.05, 0) is 42.0 Å². The van der Waals surface area contributed by atoms with Crippen LogP contribution in [0.4, 0.5) is 11.4 Å². The summed E-state index contributed by atoms with van der Waals surface area (Å²) >= 11 is 18.3. The molecule has 5 nitrogen and oxygen atoms in total. The molecule has 0 atom stereocenters. The van der Waals surface area contributed by atoms with Gasteiger partial charge >= 0.3 is 0 Å². The van der Waals surface area contributed by atoms with Crippen LogP contribution in [-0.2, 0) is 6.54 Å². The summed E-state index contributed by atoms with van der Waals surface area (Å²) in [5.41, 5.74) is 1.22. The zero-order valence-electron chi connectivity index (χ0n) is 14.3. The minimum Gasteiger partial charge on any atom is -0.304 e. The number of amides is 1. The van der Waals surface area contributed by atoms with E-state index in [9.17, 15) is 14.9 Å². The van der Waals surface area contributed by atoms with Gasteiger partial charge in [0, 0.05) is 38.5 Å². The number of hydrogen-bond donors (Lipinski definition) is 0. The first kappa shape index (κ1) is 20.1. The number of benzene rings is 3. The molecule has 0 aliphatic carbocycles. The second-order valence-corrected chi connectivity index (χ2v) is 7.19. The van der Waals surface area contributed by atoms with Crippen LogP contribution in [0.5, 0.6) is 0 Å². The molecule has 0 N–H and O–H groups in total. The lowest BCUT2D eigenvalue weighted by atomic mass is 10.1. The maximum absolute atomic E-state index is 13.2. The van der Waals surface area contributed by atoms with Crippen molar-refractivity contribution in [1.82, 2.24) is 0 Å². The Kier molecular flexibility index (Phi) is 6.19. The van der Waals surface area contributed by atoms with Crippen molar-refractivity contribution in [1.29, 1.82) is 0 Å². The van der Waals surface area contributed by atoms with Gasteiger partial charge in [0.05, 0.1) is 11.5 Å². The molecule has 3 aromatic rings. The molecule has 0 saturated carbocycles. The molecular formula is C20H13Cl3N2O3. The molecule has 0 aliphatic heterocycles. The minimum absolute atomic E-state index is 0.137. The van der Waals surface area contributed by atoms with Crippen molar-refractivity contribution < 1.29 is 9.72 Å². The molecule has 0 saturated heterocycles. The summed E-state index contributed by atoms with van der Waals surface area (Å²) in [6.45, 7) is 0.137. The minimum atomic E-state index is -0.545. The molecule has 0 unspecified atom stereocenters. The summed E-state index contributed by atoms with van der Waals surface area (Å²) in [6.07, 6.45) is 0. The molecule has 0 radical (unpaired) electrons. The van der Waals surface area contributed by atoms with E-state index in [0.717, 1.165) is 0 Å². The fourth-order valence-electron chi connectivity index (χ4n) is 2.65. The van der Waals surface area contributed by atoms with Crippen molar-refractivity contribution in [3.8, 4) is 0 Å². The maximum Gasteiger partial charge on any atom is 0.270 e. The number of non-ortho nitro benzene ring substituents is 1. The molecule has 1 amide bonds. The van der Waals surface area contributed by atoms with Gasteiger partial charge in [-0.15, -0.1) is 0 Å². The third kappa shape index (κ3) is 4.62. The molecule has 0 fully saturated rings. The molecule has 0 aliphatic rings. The highest BCUT2D eigenvalue weighted by Gasteiger charge is 2.21. The van der Waals surface area contributed by atoms with E-state index in [1.807, 2.05) is 0 Å². The molecule has 28 heavy (non-hydrogen) atoms. The molecule has 8 heteroatoms. The average molecular weight is 436 g/mol. The first-order valence-electron chi connectivity index (χ1n) is 8.11. The molecule has 3 aromatic carbocycles. The van der Waals surface area contributed by atoms with E-state index in [1.165, 1.54) is 29.2 Å². The molecule has 3 rings (SSSR count). The largest absolute Gasteiger partial charge is 0.304 e. The molecule has 0 spiro atoms. The van der Waals surface area contributed by atoms with Crippen molar-refractivity contribution >= 4 is 52.1 Å². The molecule has 142 valence electrons. The fourth-order valence-corrected chi connectivity index (χ4v) is 3.31. The van der Waals surface area contributed by atoms with Gasteiger partial charge in [-0.3, -0.25) is 14.9 Å². The van der Waals surface area contributed by atoms with Gasteiger partial charge in [0.15, 0.2) is 0 Å². The fraction of sp³-hybridized carbons (Fsp3) is 0.0500. The second-order valence-electron chi connectivity index (χ2n) is 5.91. The number of anilines is 1. The van der Waals surface area contributed by atoms with Crippen LogP contribution in [0.15, 0.2) is 66.7 Å². The van der Waals surface area contributed by atoms with E-state index in [1.54, 1.807) is 42.5 Å². The Bertz CT molecular complexity index is 1060. The zero-order chi connectivity index (χ0) is 20.3.